The molecule has 0 atom stereocenters. The summed E-state index contributed by atoms with van der Waals surface area (Å²) in [6, 6.07) is 0. The first-order valence-electron chi connectivity index (χ1n) is 3.34. The molecule has 14 heavy (non-hydrogen) atoms. The molecule has 1 aromatic rings. The van der Waals surface area contributed by atoms with Gasteiger partial charge >= 0.3 is 10.3 Å². The van der Waals surface area contributed by atoms with Gasteiger partial charge in [0, 0.05) is 14.1 Å². The molecule has 80 valence electrons. The monoisotopic (exact) mass is 222 g/mol. The molecular formula is C5H10N4O4S. The smallest absolute Gasteiger partial charge is 0.351 e. The largest absolute Gasteiger partial charge is 0.380 e. The Morgan fingerprint density at radius 1 is 1.50 bits per heavy atom. The molecule has 0 radical (unpaired) electrons. The van der Waals surface area contributed by atoms with Crippen molar-refractivity contribution in [2.75, 3.05) is 14.1 Å². The number of hydrogen-bond donors (Lipinski definition) is 1. The Labute approximate surface area is 81.0 Å². The van der Waals surface area contributed by atoms with Gasteiger partial charge in [-0.25, -0.2) is 0 Å². The molecule has 0 aliphatic rings. The molecule has 0 aliphatic heterocycles. The average Bonchev–Trinajstić information content (AvgIpc) is 2.56. The van der Waals surface area contributed by atoms with E-state index in [2.05, 4.69) is 10.3 Å². The SMILES string of the molecule is CN(C)C=O.O=S(=O)(O)n1ccnn1. The number of amides is 1. The fourth-order valence-electron chi connectivity index (χ4n) is 0.320. The normalized spacial score (nSPS) is 9.93. The molecule has 0 fully saturated rings. The standard InChI is InChI=1S/C3H7NO.C2H3N3O3S/c1-4(2)3-5;6-9(7,8)5-2-1-3-4-5/h3H,1-2H3;1-2H,(H,6,7,8). The van der Waals surface area contributed by atoms with Crippen molar-refractivity contribution in [2.24, 2.45) is 0 Å². The van der Waals surface area contributed by atoms with Crippen molar-refractivity contribution in [1.29, 1.82) is 0 Å². The van der Waals surface area contributed by atoms with E-state index in [0.29, 0.717) is 4.09 Å². The maximum absolute atomic E-state index is 10.1. The highest BCUT2D eigenvalue weighted by Gasteiger charge is 2.05. The first-order chi connectivity index (χ1) is 6.38. The molecule has 8 nitrogen and oxygen atoms in total. The van der Waals surface area contributed by atoms with Crippen molar-refractivity contribution >= 4 is 16.7 Å². The lowest BCUT2D eigenvalue weighted by molar-refractivity contribution is -0.115. The molecule has 0 unspecified atom stereocenters. The van der Waals surface area contributed by atoms with E-state index in [0.717, 1.165) is 18.8 Å². The molecule has 0 bridgehead atoms. The molecular weight excluding hydrogens is 212 g/mol. The molecule has 9 heteroatoms. The van der Waals surface area contributed by atoms with Gasteiger partial charge in [-0.3, -0.25) is 9.35 Å². The second-order valence-electron chi connectivity index (χ2n) is 2.32. The number of aromatic nitrogens is 3. The lowest BCUT2D eigenvalue weighted by Gasteiger charge is -1.93. The Kier molecular flexibility index (Phi) is 4.73. The molecule has 0 saturated heterocycles. The Balaban J connectivity index is 0.000000292. The van der Waals surface area contributed by atoms with Gasteiger partial charge in [-0.1, -0.05) is 5.21 Å². The molecule has 0 aromatic carbocycles. The summed E-state index contributed by atoms with van der Waals surface area (Å²) in [6.45, 7) is 0. The molecule has 1 aromatic heterocycles. The van der Waals surface area contributed by atoms with Crippen LogP contribution in [0.3, 0.4) is 0 Å². The third-order valence-electron chi connectivity index (χ3n) is 0.848. The summed E-state index contributed by atoms with van der Waals surface area (Å²) in [5.74, 6) is 0. The van der Waals surface area contributed by atoms with Gasteiger partial charge in [0.25, 0.3) is 0 Å². The zero-order valence-corrected chi connectivity index (χ0v) is 8.42. The lowest BCUT2D eigenvalue weighted by atomic mass is 11.0. The predicted molar refractivity (Wildman–Crippen MR) is 46.7 cm³/mol. The molecule has 0 saturated carbocycles. The van der Waals surface area contributed by atoms with Gasteiger partial charge in [-0.05, 0) is 0 Å². The Bertz CT molecular complexity index is 357. The minimum absolute atomic E-state index is 0.354. The van der Waals surface area contributed by atoms with Gasteiger partial charge in [0.1, 0.15) is 0 Å². The minimum atomic E-state index is -4.22. The highest BCUT2D eigenvalue weighted by molar-refractivity contribution is 7.84. The number of carbonyl (C=O) groups is 1. The van der Waals surface area contributed by atoms with Crippen molar-refractivity contribution in [3.05, 3.63) is 12.4 Å². The average molecular weight is 222 g/mol. The van der Waals surface area contributed by atoms with Crippen LogP contribution in [0.2, 0.25) is 0 Å². The summed E-state index contributed by atoms with van der Waals surface area (Å²) >= 11 is 0. The second kappa shape index (κ2) is 5.29. The zero-order chi connectivity index (χ0) is 11.2. The fourth-order valence-corrected chi connectivity index (χ4v) is 0.663. The molecule has 0 aliphatic carbocycles. The third kappa shape index (κ3) is 5.22. The maximum Gasteiger partial charge on any atom is 0.380 e. The van der Waals surface area contributed by atoms with Crippen LogP contribution >= 0.6 is 0 Å². The van der Waals surface area contributed by atoms with Crippen LogP contribution < -0.4 is 0 Å². The minimum Gasteiger partial charge on any atom is -0.351 e. The summed E-state index contributed by atoms with van der Waals surface area (Å²) in [7, 11) is -0.841. The van der Waals surface area contributed by atoms with Crippen LogP contribution in [0.15, 0.2) is 12.4 Å². The van der Waals surface area contributed by atoms with Crippen LogP contribution in [-0.4, -0.2) is 52.8 Å². The van der Waals surface area contributed by atoms with E-state index in [-0.39, 0.29) is 0 Å². The molecule has 1 N–H and O–H groups in total. The van der Waals surface area contributed by atoms with Crippen molar-refractivity contribution < 1.29 is 17.8 Å². The van der Waals surface area contributed by atoms with E-state index >= 15 is 0 Å². The highest BCUT2D eigenvalue weighted by atomic mass is 32.2. The van der Waals surface area contributed by atoms with Gasteiger partial charge < -0.3 is 4.90 Å². The van der Waals surface area contributed by atoms with Gasteiger partial charge in [0.15, 0.2) is 0 Å². The lowest BCUT2D eigenvalue weighted by Crippen LogP contribution is -2.11. The van der Waals surface area contributed by atoms with E-state index in [9.17, 15) is 13.2 Å². The molecule has 0 spiro atoms. The molecule has 1 amide bonds. The van der Waals surface area contributed by atoms with Crippen LogP contribution in [0.4, 0.5) is 0 Å². The number of carbonyl (C=O) groups excluding carboxylic acids is 1. The summed E-state index contributed by atoms with van der Waals surface area (Å²) in [6.07, 6.45) is 2.92. The van der Waals surface area contributed by atoms with E-state index in [1.165, 1.54) is 4.90 Å². The summed E-state index contributed by atoms with van der Waals surface area (Å²) in [4.78, 5) is 10.9. The quantitative estimate of drug-likeness (QED) is 0.489. The number of nitrogens with zero attached hydrogens (tertiary/aromatic N) is 4. The Morgan fingerprint density at radius 3 is 2.14 bits per heavy atom. The maximum atomic E-state index is 10.1. The van der Waals surface area contributed by atoms with Crippen molar-refractivity contribution in [2.45, 2.75) is 0 Å². The van der Waals surface area contributed by atoms with E-state index < -0.39 is 10.3 Å². The van der Waals surface area contributed by atoms with Crippen molar-refractivity contribution in [3.8, 4) is 0 Å². The number of rotatable bonds is 2. The van der Waals surface area contributed by atoms with Crippen LogP contribution in [0.25, 0.3) is 0 Å². The van der Waals surface area contributed by atoms with Crippen molar-refractivity contribution in [1.82, 2.24) is 19.3 Å². The molecule has 1 heterocycles. The van der Waals surface area contributed by atoms with Crippen LogP contribution in [0.5, 0.6) is 0 Å². The summed E-state index contributed by atoms with van der Waals surface area (Å²) < 4.78 is 28.8. The van der Waals surface area contributed by atoms with Gasteiger partial charge in [-0.2, -0.15) is 8.42 Å². The highest BCUT2D eigenvalue weighted by Crippen LogP contribution is 1.84. The van der Waals surface area contributed by atoms with Crippen LogP contribution in [0.1, 0.15) is 0 Å². The fraction of sp³-hybridized carbons (Fsp3) is 0.400. The topological polar surface area (TPSA) is 105 Å². The Morgan fingerprint density at radius 2 is 2.00 bits per heavy atom. The second-order valence-corrected chi connectivity index (χ2v) is 3.59. The van der Waals surface area contributed by atoms with E-state index in [1.54, 1.807) is 14.1 Å². The van der Waals surface area contributed by atoms with E-state index in [4.69, 9.17) is 4.55 Å². The zero-order valence-electron chi connectivity index (χ0n) is 7.60. The van der Waals surface area contributed by atoms with Crippen LogP contribution in [0, 0.1) is 0 Å². The van der Waals surface area contributed by atoms with Gasteiger partial charge in [-0.15, -0.1) is 9.19 Å². The molecule has 1 rings (SSSR count). The first-order valence-corrected chi connectivity index (χ1v) is 4.73. The van der Waals surface area contributed by atoms with E-state index in [1.807, 2.05) is 0 Å². The first kappa shape index (κ1) is 12.5. The van der Waals surface area contributed by atoms with Gasteiger partial charge in [0.2, 0.25) is 6.41 Å². The Hall–Kier alpha value is -1.48. The van der Waals surface area contributed by atoms with Crippen molar-refractivity contribution in [3.63, 3.8) is 0 Å². The number of hydrogen-bond acceptors (Lipinski definition) is 5. The summed E-state index contributed by atoms with van der Waals surface area (Å²) in [5.41, 5.74) is 0. The summed E-state index contributed by atoms with van der Waals surface area (Å²) in [5, 5.41) is 6.18. The third-order valence-corrected chi connectivity index (χ3v) is 1.52. The van der Waals surface area contributed by atoms with Gasteiger partial charge in [0.05, 0.1) is 12.4 Å². The van der Waals surface area contributed by atoms with Crippen LogP contribution in [-0.2, 0) is 15.1 Å². The predicted octanol–water partition coefficient (Wildman–Crippen LogP) is -1.37.